The number of fused-ring (bicyclic) bond motifs is 1. The molecule has 4 aromatic rings. The molecule has 3 aromatic carbocycles. The molecule has 1 heterocycles. The van der Waals surface area contributed by atoms with Crippen LogP contribution in [0.5, 0.6) is 0 Å². The molecule has 1 aromatic heterocycles. The summed E-state index contributed by atoms with van der Waals surface area (Å²) in [5.41, 5.74) is 5.63. The van der Waals surface area contributed by atoms with Crippen LogP contribution in [0.25, 0.3) is 33.3 Å². The van der Waals surface area contributed by atoms with Crippen molar-refractivity contribution in [3.63, 3.8) is 0 Å². The summed E-state index contributed by atoms with van der Waals surface area (Å²) in [5.74, 6) is 0. The lowest BCUT2D eigenvalue weighted by atomic mass is 9.98. The van der Waals surface area contributed by atoms with Crippen molar-refractivity contribution in [1.82, 2.24) is 4.98 Å². The molecular weight excluding hydrogens is 336 g/mol. The molecule has 0 bridgehead atoms. The van der Waals surface area contributed by atoms with Gasteiger partial charge in [0, 0.05) is 23.3 Å². The van der Waals surface area contributed by atoms with E-state index in [4.69, 9.17) is 4.98 Å². The minimum Gasteiger partial charge on any atom is -0.258 e. The number of nitro benzene ring substituents is 1. The van der Waals surface area contributed by atoms with Gasteiger partial charge in [0.2, 0.25) is 0 Å². The van der Waals surface area contributed by atoms with Gasteiger partial charge in [0.05, 0.1) is 16.3 Å². The monoisotopic (exact) mass is 354 g/mol. The van der Waals surface area contributed by atoms with Gasteiger partial charge >= 0.3 is 0 Å². The predicted octanol–water partition coefficient (Wildman–Crippen LogP) is 6.09. The van der Waals surface area contributed by atoms with Crippen LogP contribution in [0.2, 0.25) is 0 Å². The Morgan fingerprint density at radius 2 is 1.37 bits per heavy atom. The molecular formula is C23H18N2O2. The second-order valence-corrected chi connectivity index (χ2v) is 6.68. The lowest BCUT2D eigenvalue weighted by Gasteiger charge is -2.11. The zero-order valence-corrected chi connectivity index (χ0v) is 15.1. The van der Waals surface area contributed by atoms with E-state index in [-0.39, 0.29) is 10.6 Å². The first-order chi connectivity index (χ1) is 13.0. The van der Waals surface area contributed by atoms with Gasteiger partial charge in [-0.05, 0) is 53.9 Å². The Morgan fingerprint density at radius 1 is 0.741 bits per heavy atom. The first kappa shape index (κ1) is 16.9. The van der Waals surface area contributed by atoms with Crippen LogP contribution in [0.15, 0.2) is 72.8 Å². The SMILES string of the molecule is Cc1ccc([N+](=O)[O-])cc1-c1cccc(-c2cc3ccccc3cc2C)n1. The number of benzene rings is 3. The molecule has 4 nitrogen and oxygen atoms in total. The second kappa shape index (κ2) is 6.65. The average Bonchev–Trinajstić information content (AvgIpc) is 2.67. The molecule has 0 atom stereocenters. The fourth-order valence-corrected chi connectivity index (χ4v) is 3.36. The molecule has 0 fully saturated rings. The maximum atomic E-state index is 11.1. The van der Waals surface area contributed by atoms with Crippen LogP contribution in [0.1, 0.15) is 11.1 Å². The van der Waals surface area contributed by atoms with Crippen LogP contribution in [-0.2, 0) is 0 Å². The molecule has 0 amide bonds. The topological polar surface area (TPSA) is 56.0 Å². The molecule has 0 radical (unpaired) electrons. The fourth-order valence-electron chi connectivity index (χ4n) is 3.36. The summed E-state index contributed by atoms with van der Waals surface area (Å²) in [6, 6.07) is 23.3. The van der Waals surface area contributed by atoms with Crippen LogP contribution in [0, 0.1) is 24.0 Å². The number of aromatic nitrogens is 1. The van der Waals surface area contributed by atoms with Crippen molar-refractivity contribution >= 4 is 16.5 Å². The van der Waals surface area contributed by atoms with Crippen LogP contribution < -0.4 is 0 Å². The minimum absolute atomic E-state index is 0.0738. The van der Waals surface area contributed by atoms with Crippen LogP contribution in [0.3, 0.4) is 0 Å². The number of hydrogen-bond donors (Lipinski definition) is 0. The Kier molecular flexibility index (Phi) is 4.16. The van der Waals surface area contributed by atoms with Crippen molar-refractivity contribution in [3.05, 3.63) is 94.0 Å². The van der Waals surface area contributed by atoms with Crippen molar-refractivity contribution in [1.29, 1.82) is 0 Å². The molecule has 132 valence electrons. The molecule has 0 saturated heterocycles. The highest BCUT2D eigenvalue weighted by Gasteiger charge is 2.13. The van der Waals surface area contributed by atoms with Gasteiger partial charge in [-0.3, -0.25) is 10.1 Å². The summed E-state index contributed by atoms with van der Waals surface area (Å²) in [5, 5.41) is 13.5. The maximum absolute atomic E-state index is 11.1. The smallest absolute Gasteiger partial charge is 0.258 e. The van der Waals surface area contributed by atoms with Crippen LogP contribution in [-0.4, -0.2) is 9.91 Å². The Balaban J connectivity index is 1.86. The van der Waals surface area contributed by atoms with E-state index >= 15 is 0 Å². The average molecular weight is 354 g/mol. The highest BCUT2D eigenvalue weighted by Crippen LogP contribution is 2.31. The Labute approximate surface area is 157 Å². The molecule has 0 spiro atoms. The van der Waals surface area contributed by atoms with Crippen molar-refractivity contribution in [2.45, 2.75) is 13.8 Å². The summed E-state index contributed by atoms with van der Waals surface area (Å²) in [7, 11) is 0. The summed E-state index contributed by atoms with van der Waals surface area (Å²) >= 11 is 0. The Morgan fingerprint density at radius 3 is 2.04 bits per heavy atom. The predicted molar refractivity (Wildman–Crippen MR) is 109 cm³/mol. The third kappa shape index (κ3) is 3.17. The van der Waals surface area contributed by atoms with E-state index in [0.717, 1.165) is 39.0 Å². The zero-order chi connectivity index (χ0) is 19.0. The summed E-state index contributed by atoms with van der Waals surface area (Å²) in [4.78, 5) is 15.6. The lowest BCUT2D eigenvalue weighted by molar-refractivity contribution is -0.384. The van der Waals surface area contributed by atoms with Crippen molar-refractivity contribution in [3.8, 4) is 22.5 Å². The van der Waals surface area contributed by atoms with Gasteiger partial charge in [0.15, 0.2) is 0 Å². The third-order valence-electron chi connectivity index (χ3n) is 4.83. The highest BCUT2D eigenvalue weighted by atomic mass is 16.6. The largest absolute Gasteiger partial charge is 0.270 e. The number of pyridine rings is 1. The fraction of sp³-hybridized carbons (Fsp3) is 0.0870. The number of rotatable bonds is 3. The number of aryl methyl sites for hydroxylation is 2. The summed E-state index contributed by atoms with van der Waals surface area (Å²) < 4.78 is 0. The summed E-state index contributed by atoms with van der Waals surface area (Å²) in [6.07, 6.45) is 0. The first-order valence-electron chi connectivity index (χ1n) is 8.75. The lowest BCUT2D eigenvalue weighted by Crippen LogP contribution is -1.94. The molecule has 0 aliphatic carbocycles. The number of nitro groups is 1. The molecule has 0 N–H and O–H groups in total. The Bertz CT molecular complexity index is 1180. The van der Waals surface area contributed by atoms with Crippen molar-refractivity contribution < 1.29 is 4.92 Å². The third-order valence-corrected chi connectivity index (χ3v) is 4.83. The first-order valence-corrected chi connectivity index (χ1v) is 8.75. The molecule has 4 rings (SSSR count). The van der Waals surface area contributed by atoms with E-state index in [0.29, 0.717) is 0 Å². The molecule has 27 heavy (non-hydrogen) atoms. The van der Waals surface area contributed by atoms with E-state index < -0.39 is 0 Å². The molecule has 0 saturated carbocycles. The quantitative estimate of drug-likeness (QED) is 0.330. The van der Waals surface area contributed by atoms with E-state index in [1.807, 2.05) is 37.3 Å². The van der Waals surface area contributed by atoms with Crippen molar-refractivity contribution in [2.24, 2.45) is 0 Å². The standard InChI is InChI=1S/C23H18N2O2/c1-15-10-11-19(25(26)27)14-21(15)23-9-5-8-22(24-23)20-13-18-7-4-3-6-17(18)12-16(20)2/h3-14H,1-2H3. The van der Waals surface area contributed by atoms with Gasteiger partial charge in [0.25, 0.3) is 5.69 Å². The summed E-state index contributed by atoms with van der Waals surface area (Å²) in [6.45, 7) is 4.02. The van der Waals surface area contributed by atoms with Gasteiger partial charge in [-0.1, -0.05) is 42.5 Å². The molecule has 0 aliphatic rings. The van der Waals surface area contributed by atoms with Gasteiger partial charge in [0.1, 0.15) is 0 Å². The minimum atomic E-state index is -0.375. The van der Waals surface area contributed by atoms with Gasteiger partial charge < -0.3 is 0 Å². The normalized spacial score (nSPS) is 10.9. The number of nitrogens with zero attached hydrogens (tertiary/aromatic N) is 2. The Hall–Kier alpha value is -3.53. The van der Waals surface area contributed by atoms with E-state index in [9.17, 15) is 10.1 Å². The number of hydrogen-bond acceptors (Lipinski definition) is 3. The van der Waals surface area contributed by atoms with Gasteiger partial charge in [-0.25, -0.2) is 4.98 Å². The van der Waals surface area contributed by atoms with E-state index in [1.54, 1.807) is 12.1 Å². The zero-order valence-electron chi connectivity index (χ0n) is 15.1. The van der Waals surface area contributed by atoms with E-state index in [2.05, 4.69) is 31.2 Å². The van der Waals surface area contributed by atoms with Crippen molar-refractivity contribution in [2.75, 3.05) is 0 Å². The van der Waals surface area contributed by atoms with Crippen LogP contribution in [0.4, 0.5) is 5.69 Å². The number of non-ortho nitro benzene ring substituents is 1. The second-order valence-electron chi connectivity index (χ2n) is 6.68. The van der Waals surface area contributed by atoms with Crippen LogP contribution >= 0.6 is 0 Å². The van der Waals surface area contributed by atoms with Gasteiger partial charge in [-0.2, -0.15) is 0 Å². The van der Waals surface area contributed by atoms with E-state index in [1.165, 1.54) is 11.5 Å². The highest BCUT2D eigenvalue weighted by molar-refractivity contribution is 5.88. The molecule has 0 aliphatic heterocycles. The molecule has 0 unspecified atom stereocenters. The maximum Gasteiger partial charge on any atom is 0.270 e. The van der Waals surface area contributed by atoms with Gasteiger partial charge in [-0.15, -0.1) is 0 Å². The molecule has 4 heteroatoms.